The third kappa shape index (κ3) is 4.73. The number of carbonyl (C=O) groups is 1. The van der Waals surface area contributed by atoms with Gasteiger partial charge in [0.2, 0.25) is 0 Å². The molecule has 0 aromatic heterocycles. The molecule has 0 spiro atoms. The summed E-state index contributed by atoms with van der Waals surface area (Å²) >= 11 is 0. The molecule has 0 unspecified atom stereocenters. The van der Waals surface area contributed by atoms with Crippen molar-refractivity contribution >= 4 is 5.91 Å². The van der Waals surface area contributed by atoms with Crippen LogP contribution in [0.25, 0.3) is 0 Å². The van der Waals surface area contributed by atoms with E-state index in [4.69, 9.17) is 9.47 Å². The van der Waals surface area contributed by atoms with Crippen molar-refractivity contribution in [2.24, 2.45) is 0 Å². The molecule has 1 amide bonds. The highest BCUT2D eigenvalue weighted by atomic mass is 16.5. The number of amides is 1. The number of likely N-dealkylation sites (tertiary alicyclic amines) is 1. The van der Waals surface area contributed by atoms with E-state index in [-0.39, 0.29) is 5.91 Å². The highest BCUT2D eigenvalue weighted by Crippen LogP contribution is 2.40. The van der Waals surface area contributed by atoms with Gasteiger partial charge < -0.3 is 19.3 Å². The van der Waals surface area contributed by atoms with Crippen molar-refractivity contribution in [3.63, 3.8) is 0 Å². The van der Waals surface area contributed by atoms with Gasteiger partial charge in [-0.2, -0.15) is 0 Å². The van der Waals surface area contributed by atoms with Gasteiger partial charge in [0.1, 0.15) is 5.75 Å². The average Bonchev–Trinajstić information content (AvgIpc) is 3.38. The van der Waals surface area contributed by atoms with Crippen molar-refractivity contribution in [1.82, 2.24) is 9.80 Å². The highest BCUT2D eigenvalue weighted by molar-refractivity contribution is 5.94. The fraction of sp³-hybridized carbons (Fsp3) is 0.640. The van der Waals surface area contributed by atoms with Crippen LogP contribution in [0.3, 0.4) is 0 Å². The minimum absolute atomic E-state index is 0.0414. The molecule has 5 nitrogen and oxygen atoms in total. The summed E-state index contributed by atoms with van der Waals surface area (Å²) in [5.74, 6) is 2.02. The first-order valence-electron chi connectivity index (χ1n) is 11.9. The van der Waals surface area contributed by atoms with Gasteiger partial charge in [-0.05, 0) is 94.1 Å². The highest BCUT2D eigenvalue weighted by Gasteiger charge is 2.34. The molecule has 0 N–H and O–H groups in total. The van der Waals surface area contributed by atoms with Crippen LogP contribution in [-0.4, -0.2) is 60.6 Å². The lowest BCUT2D eigenvalue weighted by atomic mass is 9.92. The largest absolute Gasteiger partial charge is 0.452 e. The number of hydrogen-bond donors (Lipinski definition) is 0. The molecule has 2 aliphatic carbocycles. The number of nitrogens with zero attached hydrogens (tertiary/aromatic N) is 2. The van der Waals surface area contributed by atoms with E-state index in [9.17, 15) is 4.79 Å². The Morgan fingerprint density at radius 1 is 0.933 bits per heavy atom. The summed E-state index contributed by atoms with van der Waals surface area (Å²) in [5.41, 5.74) is 1.38. The second-order valence-electron chi connectivity index (χ2n) is 9.32. The van der Waals surface area contributed by atoms with E-state index in [1.807, 2.05) is 23.1 Å². The fourth-order valence-corrected chi connectivity index (χ4v) is 5.12. The quantitative estimate of drug-likeness (QED) is 0.647. The van der Waals surface area contributed by atoms with Gasteiger partial charge in [-0.25, -0.2) is 0 Å². The van der Waals surface area contributed by atoms with E-state index >= 15 is 0 Å². The third-order valence-electron chi connectivity index (χ3n) is 7.15. The number of hydrogen-bond acceptors (Lipinski definition) is 4. The van der Waals surface area contributed by atoms with Crippen LogP contribution in [-0.2, 0) is 9.53 Å². The molecule has 5 heteroatoms. The van der Waals surface area contributed by atoms with Crippen LogP contribution in [0.5, 0.6) is 5.75 Å². The van der Waals surface area contributed by atoms with Crippen LogP contribution in [0.15, 0.2) is 36.1 Å². The first kappa shape index (κ1) is 20.1. The summed E-state index contributed by atoms with van der Waals surface area (Å²) in [6, 6.07) is 8.57. The maximum absolute atomic E-state index is 12.9. The summed E-state index contributed by atoms with van der Waals surface area (Å²) < 4.78 is 12.1. The van der Waals surface area contributed by atoms with E-state index in [1.165, 1.54) is 44.3 Å². The molecule has 0 atom stereocenters. The Kier molecular flexibility index (Phi) is 6.09. The van der Waals surface area contributed by atoms with Gasteiger partial charge in [-0.15, -0.1) is 0 Å². The third-order valence-corrected chi connectivity index (χ3v) is 7.15. The lowest BCUT2D eigenvalue weighted by molar-refractivity contribution is -0.130. The molecule has 162 valence electrons. The molecule has 1 aromatic rings. The van der Waals surface area contributed by atoms with Gasteiger partial charge in [0, 0.05) is 19.1 Å². The van der Waals surface area contributed by atoms with Crippen molar-refractivity contribution in [2.75, 3.05) is 32.8 Å². The number of rotatable bonds is 8. The maximum atomic E-state index is 12.9. The normalized spacial score (nSPS) is 27.5. The van der Waals surface area contributed by atoms with Crippen LogP contribution in [0.1, 0.15) is 62.8 Å². The second-order valence-corrected chi connectivity index (χ2v) is 9.32. The van der Waals surface area contributed by atoms with Crippen LogP contribution < -0.4 is 4.74 Å². The molecule has 4 aliphatic rings. The molecule has 1 aromatic carbocycles. The zero-order valence-corrected chi connectivity index (χ0v) is 17.9. The zero-order valence-electron chi connectivity index (χ0n) is 17.9. The topological polar surface area (TPSA) is 42.0 Å². The molecule has 5 rings (SSSR count). The van der Waals surface area contributed by atoms with E-state index < -0.39 is 0 Å². The first-order chi connectivity index (χ1) is 14.8. The van der Waals surface area contributed by atoms with Crippen molar-refractivity contribution in [3.8, 4) is 5.75 Å². The minimum atomic E-state index is 0.0414. The average molecular weight is 411 g/mol. The monoisotopic (exact) mass is 410 g/mol. The summed E-state index contributed by atoms with van der Waals surface area (Å²) in [6.45, 7) is 5.04. The van der Waals surface area contributed by atoms with Gasteiger partial charge in [0.15, 0.2) is 5.76 Å². The van der Waals surface area contributed by atoms with E-state index in [0.717, 1.165) is 50.5 Å². The second kappa shape index (κ2) is 9.11. The van der Waals surface area contributed by atoms with Crippen molar-refractivity contribution in [2.45, 2.75) is 69.4 Å². The fourth-order valence-electron chi connectivity index (χ4n) is 5.12. The number of carbonyl (C=O) groups excluding carboxylic acids is 1. The van der Waals surface area contributed by atoms with Crippen LogP contribution >= 0.6 is 0 Å². The Balaban J connectivity index is 1.05. The Morgan fingerprint density at radius 2 is 1.67 bits per heavy atom. The van der Waals surface area contributed by atoms with Crippen LogP contribution in [0.4, 0.5) is 0 Å². The van der Waals surface area contributed by atoms with E-state index in [1.54, 1.807) is 0 Å². The predicted molar refractivity (Wildman–Crippen MR) is 117 cm³/mol. The van der Waals surface area contributed by atoms with Gasteiger partial charge in [0.25, 0.3) is 5.91 Å². The van der Waals surface area contributed by atoms with E-state index in [0.29, 0.717) is 24.4 Å². The summed E-state index contributed by atoms with van der Waals surface area (Å²) in [5, 5.41) is 0. The van der Waals surface area contributed by atoms with Gasteiger partial charge in [-0.1, -0.05) is 12.1 Å². The maximum Gasteiger partial charge on any atom is 0.289 e. The lowest BCUT2D eigenvalue weighted by Gasteiger charge is -2.34. The summed E-state index contributed by atoms with van der Waals surface area (Å²) in [4.78, 5) is 17.4. The Labute approximate surface area is 180 Å². The van der Waals surface area contributed by atoms with Crippen LogP contribution in [0.2, 0.25) is 0 Å². The molecule has 1 saturated heterocycles. The Morgan fingerprint density at radius 3 is 2.37 bits per heavy atom. The van der Waals surface area contributed by atoms with Gasteiger partial charge in [0.05, 0.1) is 12.7 Å². The molecule has 3 fully saturated rings. The predicted octanol–water partition coefficient (Wildman–Crippen LogP) is 4.09. The van der Waals surface area contributed by atoms with Crippen molar-refractivity contribution < 1.29 is 14.3 Å². The lowest BCUT2D eigenvalue weighted by Crippen LogP contribution is -2.41. The summed E-state index contributed by atoms with van der Waals surface area (Å²) in [7, 11) is 0. The molecule has 0 bridgehead atoms. The van der Waals surface area contributed by atoms with E-state index in [2.05, 4.69) is 17.0 Å². The molecule has 2 saturated carbocycles. The van der Waals surface area contributed by atoms with Crippen molar-refractivity contribution in [1.29, 1.82) is 0 Å². The summed E-state index contributed by atoms with van der Waals surface area (Å²) in [6.07, 6.45) is 11.7. The Hall–Kier alpha value is -1.85. The molecular weight excluding hydrogens is 376 g/mol. The number of benzene rings is 1. The van der Waals surface area contributed by atoms with Crippen LogP contribution in [0, 0.1) is 0 Å². The minimum Gasteiger partial charge on any atom is -0.452 e. The molecular formula is C25H34N2O3. The van der Waals surface area contributed by atoms with Gasteiger partial charge in [-0.3, -0.25) is 4.79 Å². The molecule has 0 radical (unpaired) electrons. The van der Waals surface area contributed by atoms with Crippen molar-refractivity contribution in [3.05, 3.63) is 41.7 Å². The first-order valence-corrected chi connectivity index (χ1v) is 11.9. The van der Waals surface area contributed by atoms with Gasteiger partial charge >= 0.3 is 0 Å². The smallest absolute Gasteiger partial charge is 0.289 e. The SMILES string of the molecule is O=C1C(Oc2ccc(C3CC3)cc2)=CCN1[C@H]1CC[C@H](OCCN2CCCC2)CC1. The number of ether oxygens (including phenoxy) is 2. The molecule has 30 heavy (non-hydrogen) atoms. The molecule has 2 aliphatic heterocycles. The molecule has 2 heterocycles. The zero-order chi connectivity index (χ0) is 20.3. The Bertz CT molecular complexity index is 757. The standard InChI is InChI=1S/C25H34N2O3/c28-25-24(30-23-9-5-20(6-10-23)19-3-4-19)13-16-27(25)21-7-11-22(12-8-21)29-18-17-26-14-1-2-15-26/h5-6,9-10,13,19,21-22H,1-4,7-8,11-12,14-18H2/t21-,22-.